The van der Waals surface area contributed by atoms with E-state index in [0.717, 1.165) is 10.6 Å². The molecule has 0 atom stereocenters. The molecule has 0 aliphatic rings. The van der Waals surface area contributed by atoms with Crippen LogP contribution in [0.2, 0.25) is 0 Å². The van der Waals surface area contributed by atoms with E-state index in [1.807, 2.05) is 0 Å². The molecule has 0 amide bonds. The van der Waals surface area contributed by atoms with Crippen LogP contribution < -0.4 is 5.73 Å². The zero-order valence-corrected chi connectivity index (χ0v) is 11.9. The second-order valence-corrected chi connectivity index (χ2v) is 4.64. The van der Waals surface area contributed by atoms with Gasteiger partial charge in [0.15, 0.2) is 11.5 Å². The summed E-state index contributed by atoms with van der Waals surface area (Å²) in [5.74, 6) is -2.36. The number of halogens is 3. The number of benzene rings is 1. The van der Waals surface area contributed by atoms with E-state index in [-0.39, 0.29) is 28.3 Å². The molecule has 0 bridgehead atoms. The maximum atomic E-state index is 13.8. The van der Waals surface area contributed by atoms with Crippen molar-refractivity contribution in [1.29, 1.82) is 0 Å². The third kappa shape index (κ3) is 2.51. The minimum Gasteiger partial charge on any atom is -0.461 e. The molecule has 20 heavy (non-hydrogen) atoms. The maximum Gasteiger partial charge on any atom is 0.360 e. The Kier molecular flexibility index (Phi) is 4.03. The van der Waals surface area contributed by atoms with Gasteiger partial charge in [-0.1, -0.05) is 0 Å². The number of nitrogens with zero attached hydrogens (tertiary/aromatic N) is 2. The zero-order chi connectivity index (χ0) is 14.9. The van der Waals surface area contributed by atoms with E-state index in [1.165, 1.54) is 6.33 Å². The summed E-state index contributed by atoms with van der Waals surface area (Å²) in [5.41, 5.74) is 5.60. The molecule has 0 fully saturated rings. The van der Waals surface area contributed by atoms with Crippen molar-refractivity contribution in [1.82, 2.24) is 9.55 Å². The highest BCUT2D eigenvalue weighted by molar-refractivity contribution is 9.10. The highest BCUT2D eigenvalue weighted by Crippen LogP contribution is 2.28. The minimum atomic E-state index is -0.837. The van der Waals surface area contributed by atoms with Crippen LogP contribution in [0.1, 0.15) is 17.4 Å². The molecule has 0 aliphatic heterocycles. The van der Waals surface area contributed by atoms with Gasteiger partial charge in [-0.2, -0.15) is 0 Å². The average molecular weight is 346 g/mol. The van der Waals surface area contributed by atoms with Crippen molar-refractivity contribution in [2.24, 2.45) is 0 Å². The van der Waals surface area contributed by atoms with Crippen LogP contribution in [-0.2, 0) is 4.74 Å². The van der Waals surface area contributed by atoms with Crippen LogP contribution >= 0.6 is 15.9 Å². The van der Waals surface area contributed by atoms with Crippen molar-refractivity contribution in [3.63, 3.8) is 0 Å². The lowest BCUT2D eigenvalue weighted by Crippen LogP contribution is -2.10. The van der Waals surface area contributed by atoms with Crippen molar-refractivity contribution in [3.8, 4) is 5.69 Å². The predicted octanol–water partition coefficient (Wildman–Crippen LogP) is 2.67. The number of ether oxygens (including phenoxy) is 1. The first-order chi connectivity index (χ1) is 9.45. The van der Waals surface area contributed by atoms with Gasteiger partial charge in [0, 0.05) is 10.5 Å². The van der Waals surface area contributed by atoms with E-state index in [0.29, 0.717) is 6.07 Å². The average Bonchev–Trinajstić information content (AvgIpc) is 2.71. The normalized spacial score (nSPS) is 10.6. The number of nitrogens with two attached hydrogens (primary N) is 1. The Morgan fingerprint density at radius 2 is 2.20 bits per heavy atom. The van der Waals surface area contributed by atoms with Gasteiger partial charge in [0.1, 0.15) is 18.0 Å². The van der Waals surface area contributed by atoms with E-state index < -0.39 is 17.6 Å². The number of hydrogen-bond acceptors (Lipinski definition) is 4. The summed E-state index contributed by atoms with van der Waals surface area (Å²) in [5, 5.41) is 0. The predicted molar refractivity (Wildman–Crippen MR) is 71.5 cm³/mol. The van der Waals surface area contributed by atoms with Crippen LogP contribution in [0.25, 0.3) is 5.69 Å². The van der Waals surface area contributed by atoms with Crippen LogP contribution in [0.15, 0.2) is 22.9 Å². The Morgan fingerprint density at radius 1 is 1.50 bits per heavy atom. The molecule has 8 heteroatoms. The molecule has 2 aromatic rings. The molecular weight excluding hydrogens is 336 g/mol. The molecule has 2 rings (SSSR count). The smallest absolute Gasteiger partial charge is 0.360 e. The van der Waals surface area contributed by atoms with Gasteiger partial charge in [0.25, 0.3) is 0 Å². The standard InChI is InChI=1S/C12H10BrF2N3O2/c1-2-20-12(19)9-11(16)18(5-17-9)10-7(13)3-6(14)4-8(10)15/h3-5H,2,16H2,1H3. The van der Waals surface area contributed by atoms with E-state index in [1.54, 1.807) is 6.92 Å². The quantitative estimate of drug-likeness (QED) is 0.868. The number of anilines is 1. The van der Waals surface area contributed by atoms with Gasteiger partial charge in [-0.25, -0.2) is 18.6 Å². The van der Waals surface area contributed by atoms with Crippen LogP contribution in [0.3, 0.4) is 0 Å². The summed E-state index contributed by atoms with van der Waals surface area (Å²) < 4.78 is 33.0. The SMILES string of the molecule is CCOC(=O)c1ncn(-c2c(F)cc(F)cc2Br)c1N. The number of carbonyl (C=O) groups excluding carboxylic acids is 1. The molecule has 1 heterocycles. The molecular formula is C12H10BrF2N3O2. The summed E-state index contributed by atoms with van der Waals surface area (Å²) in [6, 6.07) is 1.80. The molecule has 0 aliphatic carbocycles. The molecule has 0 spiro atoms. The third-order valence-electron chi connectivity index (χ3n) is 2.50. The summed E-state index contributed by atoms with van der Waals surface area (Å²) in [4.78, 5) is 15.4. The molecule has 0 saturated heterocycles. The van der Waals surface area contributed by atoms with Gasteiger partial charge in [-0.3, -0.25) is 4.57 Å². The zero-order valence-electron chi connectivity index (χ0n) is 10.4. The first-order valence-electron chi connectivity index (χ1n) is 5.60. The van der Waals surface area contributed by atoms with Crippen molar-refractivity contribution in [3.05, 3.63) is 40.3 Å². The Bertz CT molecular complexity index is 650. The van der Waals surface area contributed by atoms with Crippen molar-refractivity contribution in [2.75, 3.05) is 12.3 Å². The number of esters is 1. The summed E-state index contributed by atoms with van der Waals surface area (Å²) in [7, 11) is 0. The van der Waals surface area contributed by atoms with Gasteiger partial charge in [0.05, 0.1) is 12.3 Å². The third-order valence-corrected chi connectivity index (χ3v) is 3.10. The Hall–Kier alpha value is -1.96. The number of aromatic nitrogens is 2. The molecule has 1 aromatic carbocycles. The fourth-order valence-electron chi connectivity index (χ4n) is 1.66. The fraction of sp³-hybridized carbons (Fsp3) is 0.167. The topological polar surface area (TPSA) is 70.1 Å². The lowest BCUT2D eigenvalue weighted by atomic mass is 10.3. The highest BCUT2D eigenvalue weighted by Gasteiger charge is 2.21. The highest BCUT2D eigenvalue weighted by atomic mass is 79.9. The van der Waals surface area contributed by atoms with Gasteiger partial charge < -0.3 is 10.5 Å². The maximum absolute atomic E-state index is 13.8. The largest absolute Gasteiger partial charge is 0.461 e. The van der Waals surface area contributed by atoms with Crippen molar-refractivity contribution in [2.45, 2.75) is 6.92 Å². The summed E-state index contributed by atoms with van der Waals surface area (Å²) >= 11 is 3.05. The number of carbonyl (C=O) groups is 1. The second-order valence-electron chi connectivity index (χ2n) is 3.79. The Morgan fingerprint density at radius 3 is 2.80 bits per heavy atom. The molecule has 1 aromatic heterocycles. The Balaban J connectivity index is 2.53. The minimum absolute atomic E-state index is 0.0352. The number of rotatable bonds is 3. The van der Waals surface area contributed by atoms with Crippen molar-refractivity contribution < 1.29 is 18.3 Å². The lowest BCUT2D eigenvalue weighted by Gasteiger charge is -2.09. The van der Waals surface area contributed by atoms with Crippen LogP contribution in [0, 0.1) is 11.6 Å². The summed E-state index contributed by atoms with van der Waals surface area (Å²) in [6.07, 6.45) is 1.17. The monoisotopic (exact) mass is 345 g/mol. The lowest BCUT2D eigenvalue weighted by molar-refractivity contribution is 0.0521. The van der Waals surface area contributed by atoms with Crippen molar-refractivity contribution >= 4 is 27.7 Å². The van der Waals surface area contributed by atoms with Gasteiger partial charge in [-0.15, -0.1) is 0 Å². The van der Waals surface area contributed by atoms with E-state index >= 15 is 0 Å². The Labute approximate surface area is 121 Å². The van der Waals surface area contributed by atoms with Crippen LogP contribution in [0.4, 0.5) is 14.6 Å². The molecule has 0 radical (unpaired) electrons. The van der Waals surface area contributed by atoms with Gasteiger partial charge >= 0.3 is 5.97 Å². The molecule has 0 saturated carbocycles. The van der Waals surface area contributed by atoms with E-state index in [2.05, 4.69) is 20.9 Å². The molecule has 2 N–H and O–H groups in total. The second kappa shape index (κ2) is 5.58. The van der Waals surface area contributed by atoms with Gasteiger partial charge in [0.2, 0.25) is 0 Å². The first-order valence-corrected chi connectivity index (χ1v) is 6.39. The van der Waals surface area contributed by atoms with E-state index in [4.69, 9.17) is 10.5 Å². The molecule has 5 nitrogen and oxygen atoms in total. The van der Waals surface area contributed by atoms with Crippen LogP contribution in [0.5, 0.6) is 0 Å². The number of imidazole rings is 1. The number of hydrogen-bond donors (Lipinski definition) is 1. The van der Waals surface area contributed by atoms with Gasteiger partial charge in [-0.05, 0) is 28.9 Å². The van der Waals surface area contributed by atoms with Crippen LogP contribution in [-0.4, -0.2) is 22.1 Å². The first kappa shape index (κ1) is 14.4. The molecule has 106 valence electrons. The fourth-order valence-corrected chi connectivity index (χ4v) is 2.26. The number of nitrogen functional groups attached to an aromatic ring is 1. The van der Waals surface area contributed by atoms with E-state index in [9.17, 15) is 13.6 Å². The molecule has 0 unspecified atom stereocenters. The summed E-state index contributed by atoms with van der Waals surface area (Å²) in [6.45, 7) is 1.81.